The number of nitrogens with zero attached hydrogens (tertiary/aromatic N) is 2. The van der Waals surface area contributed by atoms with Gasteiger partial charge < -0.3 is 10.4 Å². The Hall–Kier alpha value is -1.06. The van der Waals surface area contributed by atoms with E-state index in [2.05, 4.69) is 10.3 Å². The molecule has 78 valence electrons. The van der Waals surface area contributed by atoms with E-state index >= 15 is 0 Å². The first-order valence-corrected chi connectivity index (χ1v) is 5.82. The van der Waals surface area contributed by atoms with Crippen LogP contribution in [0.15, 0.2) is 10.3 Å². The van der Waals surface area contributed by atoms with Crippen molar-refractivity contribution >= 4 is 11.4 Å². The third-order valence-electron chi connectivity index (χ3n) is 6.10. The van der Waals surface area contributed by atoms with Gasteiger partial charge in [0.25, 0.3) is 0 Å². The van der Waals surface area contributed by atoms with Crippen LogP contribution in [0.5, 0.6) is 0 Å². The lowest BCUT2D eigenvalue weighted by Gasteiger charge is -2.44. The smallest absolute Gasteiger partial charge is 0.0651 e. The number of rotatable bonds is 0. The van der Waals surface area contributed by atoms with Gasteiger partial charge in [-0.15, -0.1) is 0 Å². The van der Waals surface area contributed by atoms with E-state index < -0.39 is 0 Å². The zero-order valence-electron chi connectivity index (χ0n) is 8.11. The van der Waals surface area contributed by atoms with Gasteiger partial charge in [-0.25, -0.2) is 0 Å². The van der Waals surface area contributed by atoms with Crippen molar-refractivity contribution in [2.24, 2.45) is 57.7 Å². The van der Waals surface area contributed by atoms with Gasteiger partial charge in [0, 0.05) is 23.7 Å². The summed E-state index contributed by atoms with van der Waals surface area (Å²) in [5, 5.41) is 25.4. The fourth-order valence-electron chi connectivity index (χ4n) is 6.13. The number of oxime groups is 2. The molecule has 5 rings (SSSR count). The SMILES string of the molecule is O/N=C1/[C@@H]2[C@H]3C[C@H]4[C@@H]2/C(=N/O)[C@@H]2[C@@H]1[C@H]3[C@H]42. The fourth-order valence-corrected chi connectivity index (χ4v) is 6.13. The van der Waals surface area contributed by atoms with Crippen molar-refractivity contribution in [2.45, 2.75) is 6.42 Å². The molecule has 4 nitrogen and oxygen atoms in total. The Morgan fingerprint density at radius 1 is 0.800 bits per heavy atom. The summed E-state index contributed by atoms with van der Waals surface area (Å²) in [6, 6.07) is 0. The van der Waals surface area contributed by atoms with Crippen molar-refractivity contribution in [3.05, 3.63) is 0 Å². The van der Waals surface area contributed by atoms with Gasteiger partial charge >= 0.3 is 0 Å². The highest BCUT2D eigenvalue weighted by Crippen LogP contribution is 2.80. The lowest BCUT2D eigenvalue weighted by Crippen LogP contribution is -2.48. The van der Waals surface area contributed by atoms with Crippen LogP contribution in [-0.2, 0) is 0 Å². The molecule has 0 unspecified atom stereocenters. The first-order chi connectivity index (χ1) is 7.38. The highest BCUT2D eigenvalue weighted by molar-refractivity contribution is 6.10. The molecule has 0 spiro atoms. The summed E-state index contributed by atoms with van der Waals surface area (Å²) in [6.45, 7) is 0. The van der Waals surface area contributed by atoms with E-state index in [0.717, 1.165) is 35.1 Å². The van der Waals surface area contributed by atoms with Crippen LogP contribution in [0.2, 0.25) is 0 Å². The van der Waals surface area contributed by atoms with Crippen molar-refractivity contribution in [3.63, 3.8) is 0 Å². The predicted molar refractivity (Wildman–Crippen MR) is 51.0 cm³/mol. The average molecular weight is 204 g/mol. The van der Waals surface area contributed by atoms with E-state index in [0.29, 0.717) is 23.7 Å². The maximum absolute atomic E-state index is 9.13. The molecule has 0 aromatic rings. The minimum absolute atomic E-state index is 0.427. The second-order valence-corrected chi connectivity index (χ2v) is 5.87. The molecule has 0 aromatic carbocycles. The van der Waals surface area contributed by atoms with Crippen LogP contribution in [-0.4, -0.2) is 21.8 Å². The number of hydrogen-bond donors (Lipinski definition) is 2. The Balaban J connectivity index is 1.83. The Bertz CT molecular complexity index is 400. The molecular formula is C11H12N2O2. The van der Waals surface area contributed by atoms with Crippen LogP contribution in [0.4, 0.5) is 0 Å². The van der Waals surface area contributed by atoms with E-state index in [4.69, 9.17) is 10.4 Å². The Kier molecular flexibility index (Phi) is 0.874. The maximum Gasteiger partial charge on any atom is 0.0651 e. The normalized spacial score (nSPS) is 71.2. The van der Waals surface area contributed by atoms with Gasteiger partial charge in [0.05, 0.1) is 11.4 Å². The Morgan fingerprint density at radius 3 is 1.67 bits per heavy atom. The molecule has 0 radical (unpaired) electrons. The van der Waals surface area contributed by atoms with Gasteiger partial charge in [0.1, 0.15) is 0 Å². The van der Waals surface area contributed by atoms with Crippen LogP contribution in [0.25, 0.3) is 0 Å². The second kappa shape index (κ2) is 1.81. The molecule has 4 heteroatoms. The molecule has 0 amide bonds. The van der Waals surface area contributed by atoms with Crippen LogP contribution < -0.4 is 0 Å². The molecule has 2 N–H and O–H groups in total. The van der Waals surface area contributed by atoms with E-state index in [1.807, 2.05) is 0 Å². The largest absolute Gasteiger partial charge is 0.411 e. The van der Waals surface area contributed by atoms with Crippen LogP contribution in [0, 0.1) is 47.3 Å². The second-order valence-electron chi connectivity index (χ2n) is 5.87. The molecule has 0 aliphatic heterocycles. The van der Waals surface area contributed by atoms with Crippen molar-refractivity contribution in [2.75, 3.05) is 0 Å². The first kappa shape index (κ1) is 7.25. The third-order valence-corrected chi connectivity index (χ3v) is 6.10. The zero-order valence-corrected chi connectivity index (χ0v) is 8.11. The van der Waals surface area contributed by atoms with Crippen LogP contribution in [0.3, 0.4) is 0 Å². The molecule has 15 heavy (non-hydrogen) atoms. The Labute approximate surface area is 86.6 Å². The summed E-state index contributed by atoms with van der Waals surface area (Å²) in [4.78, 5) is 0. The lowest BCUT2D eigenvalue weighted by atomic mass is 9.59. The third kappa shape index (κ3) is 0.446. The molecule has 0 aromatic heterocycles. The van der Waals surface area contributed by atoms with Crippen molar-refractivity contribution in [1.29, 1.82) is 0 Å². The zero-order chi connectivity index (χ0) is 9.89. The summed E-state index contributed by atoms with van der Waals surface area (Å²) in [5.74, 6) is 4.76. The molecule has 5 aliphatic rings. The Morgan fingerprint density at radius 2 is 1.27 bits per heavy atom. The predicted octanol–water partition coefficient (Wildman–Crippen LogP) is 1.03. The van der Waals surface area contributed by atoms with E-state index in [-0.39, 0.29) is 0 Å². The van der Waals surface area contributed by atoms with Gasteiger partial charge in [0.15, 0.2) is 0 Å². The molecule has 2 bridgehead atoms. The molecule has 8 atom stereocenters. The summed E-state index contributed by atoms with van der Waals surface area (Å²) in [6.07, 6.45) is 1.29. The highest BCUT2D eigenvalue weighted by Gasteiger charge is 2.82. The topological polar surface area (TPSA) is 65.2 Å². The molecule has 0 heterocycles. The fraction of sp³-hybridized carbons (Fsp3) is 0.818. The monoisotopic (exact) mass is 204 g/mol. The van der Waals surface area contributed by atoms with Crippen LogP contribution in [0.1, 0.15) is 6.42 Å². The standard InChI is InChI=1S/C11H12N2O2/c14-12-10-6-2-1-3-5-4(2)8(10)9(5)11(13-15)7(3)6/h2-9,14-15H,1H2/b12-10-,13-11-/t2-,3+,4+,5-,6+,7-,8-,9-/m0/s1. The molecule has 0 saturated heterocycles. The lowest BCUT2D eigenvalue weighted by molar-refractivity contribution is 0.0644. The van der Waals surface area contributed by atoms with Crippen molar-refractivity contribution in [1.82, 2.24) is 0 Å². The van der Waals surface area contributed by atoms with Crippen molar-refractivity contribution in [3.8, 4) is 0 Å². The van der Waals surface area contributed by atoms with E-state index in [9.17, 15) is 0 Å². The van der Waals surface area contributed by atoms with Crippen LogP contribution >= 0.6 is 0 Å². The number of hydrogen-bond acceptors (Lipinski definition) is 4. The van der Waals surface area contributed by atoms with Gasteiger partial charge in [-0.05, 0) is 30.1 Å². The highest BCUT2D eigenvalue weighted by atomic mass is 16.4. The maximum atomic E-state index is 9.13. The van der Waals surface area contributed by atoms with Gasteiger partial charge in [-0.3, -0.25) is 0 Å². The molecule has 5 aliphatic carbocycles. The van der Waals surface area contributed by atoms with Gasteiger partial charge in [-0.1, -0.05) is 10.3 Å². The molecule has 5 fully saturated rings. The summed E-state index contributed by atoms with van der Waals surface area (Å²) in [5.41, 5.74) is 2.09. The quantitative estimate of drug-likeness (QED) is 0.457. The first-order valence-electron chi connectivity index (χ1n) is 5.82. The summed E-state index contributed by atoms with van der Waals surface area (Å²) < 4.78 is 0. The minimum atomic E-state index is 0.427. The number of fused-ring (bicyclic) bond motifs is 2. The summed E-state index contributed by atoms with van der Waals surface area (Å²) >= 11 is 0. The van der Waals surface area contributed by atoms with E-state index in [1.165, 1.54) is 6.42 Å². The summed E-state index contributed by atoms with van der Waals surface area (Å²) in [7, 11) is 0. The van der Waals surface area contributed by atoms with E-state index in [1.54, 1.807) is 0 Å². The minimum Gasteiger partial charge on any atom is -0.411 e. The van der Waals surface area contributed by atoms with Gasteiger partial charge in [-0.2, -0.15) is 0 Å². The van der Waals surface area contributed by atoms with Gasteiger partial charge in [0.2, 0.25) is 0 Å². The molecule has 5 saturated carbocycles. The average Bonchev–Trinajstić information content (AvgIpc) is 2.73. The molecular weight excluding hydrogens is 192 g/mol. The van der Waals surface area contributed by atoms with Crippen molar-refractivity contribution < 1.29 is 10.4 Å².